The number of ether oxygens (including phenoxy) is 2. The zero-order valence-corrected chi connectivity index (χ0v) is 8.88. The Morgan fingerprint density at radius 3 is 2.82 bits per heavy atom. The number of hydrogen-bond acceptors (Lipinski definition) is 2. The molecule has 0 aromatic carbocycles. The monoisotopic (exact) mass is 273 g/mol. The van der Waals surface area contributed by atoms with Crippen molar-refractivity contribution < 1.29 is 39.2 Å². The van der Waals surface area contributed by atoms with E-state index in [9.17, 15) is 0 Å². The lowest BCUT2D eigenvalue weighted by atomic mass is 10.2. The molecule has 1 atom stereocenters. The Morgan fingerprint density at radius 1 is 1.45 bits per heavy atom. The maximum Gasteiger partial charge on any atom is 0.157 e. The van der Waals surface area contributed by atoms with Gasteiger partial charge >= 0.3 is 0 Å². The molecule has 1 aliphatic heterocycles. The van der Waals surface area contributed by atoms with Crippen molar-refractivity contribution >= 4 is 0 Å². The Morgan fingerprint density at radius 2 is 2.27 bits per heavy atom. The smallest absolute Gasteiger partial charge is 0.157 e. The molecule has 1 unspecified atom stereocenters. The minimum Gasteiger partial charge on any atom is -1.00 e. The van der Waals surface area contributed by atoms with Crippen LogP contribution in [0, 0.1) is 0 Å². The van der Waals surface area contributed by atoms with Crippen molar-refractivity contribution in [2.24, 2.45) is 0 Å². The van der Waals surface area contributed by atoms with E-state index in [4.69, 9.17) is 9.47 Å². The lowest BCUT2D eigenvalue weighted by Crippen LogP contribution is -3.00. The van der Waals surface area contributed by atoms with Crippen LogP contribution < -0.4 is 29.7 Å². The van der Waals surface area contributed by atoms with E-state index in [0.717, 1.165) is 26.2 Å². The zero-order valence-electron chi connectivity index (χ0n) is 6.72. The van der Waals surface area contributed by atoms with Gasteiger partial charge in [-0.25, -0.2) is 0 Å². The third-order valence-corrected chi connectivity index (χ3v) is 1.59. The molecule has 1 aliphatic rings. The molecule has 0 amide bonds. The summed E-state index contributed by atoms with van der Waals surface area (Å²) in [5, 5.41) is 0. The molecular weight excluding hydrogens is 257 g/mol. The largest absolute Gasteiger partial charge is 1.00 e. The first-order valence-electron chi connectivity index (χ1n) is 3.96. The van der Waals surface area contributed by atoms with Gasteiger partial charge in [-0.3, -0.25) is 0 Å². The van der Waals surface area contributed by atoms with Crippen LogP contribution in [-0.2, 0) is 9.47 Å². The van der Waals surface area contributed by atoms with E-state index in [-0.39, 0.29) is 30.3 Å². The molecule has 0 aliphatic carbocycles. The Bertz CT molecular complexity index is 86.5. The summed E-state index contributed by atoms with van der Waals surface area (Å²) in [6.45, 7) is 2.42. The second-order valence-electron chi connectivity index (χ2n) is 2.52. The van der Waals surface area contributed by atoms with Crippen LogP contribution in [0.2, 0.25) is 0 Å². The highest BCUT2D eigenvalue weighted by Gasteiger charge is 2.12. The second-order valence-corrected chi connectivity index (χ2v) is 2.52. The van der Waals surface area contributed by atoms with Crippen molar-refractivity contribution in [1.29, 1.82) is 0 Å². The molecule has 0 saturated carbocycles. The van der Waals surface area contributed by atoms with E-state index in [0.29, 0.717) is 0 Å². The maximum atomic E-state index is 5.35. The van der Waals surface area contributed by atoms with Crippen LogP contribution in [0.15, 0.2) is 0 Å². The highest BCUT2D eigenvalue weighted by atomic mass is 127. The SMILES string of the molecule is [I-].[NH3+]CCOC1CCCCO1. The van der Waals surface area contributed by atoms with E-state index in [2.05, 4.69) is 5.73 Å². The lowest BCUT2D eigenvalue weighted by molar-refractivity contribution is -0.379. The first-order chi connectivity index (χ1) is 4.93. The fourth-order valence-corrected chi connectivity index (χ4v) is 1.06. The first-order valence-corrected chi connectivity index (χ1v) is 3.96. The van der Waals surface area contributed by atoms with Crippen LogP contribution in [0.3, 0.4) is 0 Å². The fraction of sp³-hybridized carbons (Fsp3) is 1.00. The molecule has 1 saturated heterocycles. The molecule has 4 heteroatoms. The van der Waals surface area contributed by atoms with Gasteiger partial charge in [-0.05, 0) is 19.3 Å². The van der Waals surface area contributed by atoms with Gasteiger partial charge in [0.1, 0.15) is 0 Å². The van der Waals surface area contributed by atoms with Gasteiger partial charge in [0.05, 0.1) is 13.2 Å². The number of quaternary nitrogens is 1. The molecule has 3 N–H and O–H groups in total. The third kappa shape index (κ3) is 4.95. The Balaban J connectivity index is 0.000001000. The standard InChI is InChI=1S/C7H15NO2.HI/c8-4-6-10-7-3-1-2-5-9-7;/h7H,1-6,8H2;1H. The number of hydrogen-bond donors (Lipinski definition) is 1. The topological polar surface area (TPSA) is 46.1 Å². The Labute approximate surface area is 84.6 Å². The maximum absolute atomic E-state index is 5.35. The molecular formula is C7H16INO2. The minimum absolute atomic E-state index is 0. The van der Waals surface area contributed by atoms with Crippen molar-refractivity contribution in [3.05, 3.63) is 0 Å². The minimum atomic E-state index is 0. The quantitative estimate of drug-likeness (QED) is 0.550. The van der Waals surface area contributed by atoms with Crippen LogP contribution in [-0.4, -0.2) is 26.0 Å². The lowest BCUT2D eigenvalue weighted by Gasteiger charge is -2.21. The fourth-order valence-electron chi connectivity index (χ4n) is 1.06. The van der Waals surface area contributed by atoms with Crippen LogP contribution in [0.4, 0.5) is 0 Å². The Hall–Kier alpha value is 0.610. The van der Waals surface area contributed by atoms with Gasteiger partial charge < -0.3 is 39.2 Å². The van der Waals surface area contributed by atoms with Gasteiger partial charge in [0.25, 0.3) is 0 Å². The Kier molecular flexibility index (Phi) is 7.67. The summed E-state index contributed by atoms with van der Waals surface area (Å²) >= 11 is 0. The third-order valence-electron chi connectivity index (χ3n) is 1.59. The molecule has 0 radical (unpaired) electrons. The predicted molar refractivity (Wildman–Crippen MR) is 37.3 cm³/mol. The van der Waals surface area contributed by atoms with E-state index in [1.165, 1.54) is 12.8 Å². The highest BCUT2D eigenvalue weighted by molar-refractivity contribution is 4.53. The van der Waals surface area contributed by atoms with Crippen molar-refractivity contribution in [2.45, 2.75) is 25.6 Å². The van der Waals surface area contributed by atoms with Crippen molar-refractivity contribution in [1.82, 2.24) is 0 Å². The molecule has 1 rings (SSSR count). The molecule has 0 aromatic heterocycles. The van der Waals surface area contributed by atoms with Crippen molar-refractivity contribution in [2.75, 3.05) is 19.8 Å². The summed E-state index contributed by atoms with van der Waals surface area (Å²) in [5.41, 5.74) is 3.69. The van der Waals surface area contributed by atoms with Gasteiger partial charge in [0.2, 0.25) is 0 Å². The molecule has 11 heavy (non-hydrogen) atoms. The van der Waals surface area contributed by atoms with E-state index in [1.807, 2.05) is 0 Å². The number of halogens is 1. The van der Waals surface area contributed by atoms with E-state index in [1.54, 1.807) is 0 Å². The van der Waals surface area contributed by atoms with Crippen molar-refractivity contribution in [3.63, 3.8) is 0 Å². The van der Waals surface area contributed by atoms with Gasteiger partial charge in [0, 0.05) is 6.61 Å². The summed E-state index contributed by atoms with van der Waals surface area (Å²) in [5.74, 6) is 0. The molecule has 68 valence electrons. The van der Waals surface area contributed by atoms with Crippen molar-refractivity contribution in [3.8, 4) is 0 Å². The summed E-state index contributed by atoms with van der Waals surface area (Å²) in [6.07, 6.45) is 3.54. The summed E-state index contributed by atoms with van der Waals surface area (Å²) in [7, 11) is 0. The van der Waals surface area contributed by atoms with Gasteiger partial charge in [-0.2, -0.15) is 0 Å². The van der Waals surface area contributed by atoms with Crippen LogP contribution in [0.1, 0.15) is 19.3 Å². The average molecular weight is 273 g/mol. The van der Waals surface area contributed by atoms with E-state index < -0.39 is 0 Å². The molecule has 0 aromatic rings. The van der Waals surface area contributed by atoms with Gasteiger partial charge in [0.15, 0.2) is 6.29 Å². The van der Waals surface area contributed by atoms with E-state index >= 15 is 0 Å². The van der Waals surface area contributed by atoms with Gasteiger partial charge in [-0.15, -0.1) is 0 Å². The molecule has 1 fully saturated rings. The molecule has 0 spiro atoms. The summed E-state index contributed by atoms with van der Waals surface area (Å²) < 4.78 is 10.7. The van der Waals surface area contributed by atoms with Crippen LogP contribution >= 0.6 is 0 Å². The average Bonchev–Trinajstić information content (AvgIpc) is 2.03. The molecule has 1 heterocycles. The number of rotatable bonds is 3. The highest BCUT2D eigenvalue weighted by Crippen LogP contribution is 2.12. The predicted octanol–water partition coefficient (Wildman–Crippen LogP) is -3.22. The normalized spacial score (nSPS) is 24.3. The molecule has 3 nitrogen and oxygen atoms in total. The van der Waals surface area contributed by atoms with Gasteiger partial charge in [-0.1, -0.05) is 0 Å². The van der Waals surface area contributed by atoms with Crippen LogP contribution in [0.5, 0.6) is 0 Å². The molecule has 0 bridgehead atoms. The second kappa shape index (κ2) is 7.27. The summed E-state index contributed by atoms with van der Waals surface area (Å²) in [6, 6.07) is 0. The van der Waals surface area contributed by atoms with Crippen LogP contribution in [0.25, 0.3) is 0 Å². The first kappa shape index (κ1) is 11.6. The summed E-state index contributed by atoms with van der Waals surface area (Å²) in [4.78, 5) is 0. The zero-order chi connectivity index (χ0) is 7.23.